The van der Waals surface area contributed by atoms with Crippen molar-refractivity contribution in [2.24, 2.45) is 5.92 Å². The first kappa shape index (κ1) is 12.7. The number of hydrogen-bond acceptors (Lipinski definition) is 1. The van der Waals surface area contributed by atoms with E-state index in [1.807, 2.05) is 6.26 Å². The molecule has 1 heterocycles. The Labute approximate surface area is 126 Å². The average molecular weight is 276 g/mol. The van der Waals surface area contributed by atoms with Gasteiger partial charge in [-0.3, -0.25) is 0 Å². The van der Waals surface area contributed by atoms with Crippen LogP contribution in [0.5, 0.6) is 0 Å². The topological polar surface area (TPSA) is 9.23 Å². The predicted molar refractivity (Wildman–Crippen MR) is 85.4 cm³/mol. The molecular weight excluding hydrogens is 256 g/mol. The van der Waals surface area contributed by atoms with E-state index >= 15 is 0 Å². The summed E-state index contributed by atoms with van der Waals surface area (Å²) in [5.74, 6) is 1.10. The SMILES string of the molecule is Cc1cc(C)cc([C@]23C=COC[C@H]2[C@@H]3c2ccccc2)c1. The third-order valence-electron chi connectivity index (χ3n) is 5.02. The van der Waals surface area contributed by atoms with Crippen LogP contribution < -0.4 is 0 Å². The zero-order chi connectivity index (χ0) is 14.4. The van der Waals surface area contributed by atoms with Gasteiger partial charge in [-0.1, -0.05) is 59.7 Å². The Kier molecular flexibility index (Phi) is 2.72. The van der Waals surface area contributed by atoms with Gasteiger partial charge >= 0.3 is 0 Å². The second-order valence-electron chi connectivity index (χ2n) is 6.44. The Morgan fingerprint density at radius 2 is 1.71 bits per heavy atom. The molecule has 1 fully saturated rings. The molecule has 0 saturated heterocycles. The molecule has 1 aliphatic carbocycles. The van der Waals surface area contributed by atoms with Gasteiger partial charge in [0.2, 0.25) is 0 Å². The fourth-order valence-electron chi connectivity index (χ4n) is 4.15. The Morgan fingerprint density at radius 1 is 1.00 bits per heavy atom. The summed E-state index contributed by atoms with van der Waals surface area (Å²) in [7, 11) is 0. The van der Waals surface area contributed by atoms with Gasteiger partial charge in [0.25, 0.3) is 0 Å². The molecule has 106 valence electrons. The lowest BCUT2D eigenvalue weighted by molar-refractivity contribution is 0.212. The standard InChI is InChI=1S/C20H20O/c1-14-10-15(2)12-17(11-14)20-8-9-21-13-18(20)19(20)16-6-4-3-5-7-16/h3-12,18-19H,13H2,1-2H3/t18-,19-,20+/m0/s1. The molecule has 1 saturated carbocycles. The van der Waals surface area contributed by atoms with E-state index in [1.54, 1.807) is 0 Å². The summed E-state index contributed by atoms with van der Waals surface area (Å²) in [6, 6.07) is 17.8. The molecule has 2 aromatic rings. The maximum absolute atomic E-state index is 5.60. The fraction of sp³-hybridized carbons (Fsp3) is 0.300. The summed E-state index contributed by atoms with van der Waals surface area (Å²) >= 11 is 0. The molecule has 0 N–H and O–H groups in total. The molecule has 0 radical (unpaired) electrons. The minimum atomic E-state index is 0.135. The highest BCUT2D eigenvalue weighted by atomic mass is 16.5. The van der Waals surface area contributed by atoms with Crippen molar-refractivity contribution >= 4 is 0 Å². The normalized spacial score (nSPS) is 29.6. The first-order chi connectivity index (χ1) is 10.2. The lowest BCUT2D eigenvalue weighted by Gasteiger charge is -2.19. The fourth-order valence-corrected chi connectivity index (χ4v) is 4.15. The molecule has 1 nitrogen and oxygen atoms in total. The van der Waals surface area contributed by atoms with Gasteiger partial charge in [-0.25, -0.2) is 0 Å². The monoisotopic (exact) mass is 276 g/mol. The number of fused-ring (bicyclic) bond motifs is 1. The zero-order valence-electron chi connectivity index (χ0n) is 12.5. The van der Waals surface area contributed by atoms with Crippen molar-refractivity contribution in [3.8, 4) is 0 Å². The van der Waals surface area contributed by atoms with E-state index in [9.17, 15) is 0 Å². The van der Waals surface area contributed by atoms with Gasteiger partial charge in [0.15, 0.2) is 0 Å². The quantitative estimate of drug-likeness (QED) is 0.784. The van der Waals surface area contributed by atoms with Crippen molar-refractivity contribution in [1.29, 1.82) is 0 Å². The van der Waals surface area contributed by atoms with Crippen LogP contribution in [0.4, 0.5) is 0 Å². The van der Waals surface area contributed by atoms with Gasteiger partial charge in [-0.15, -0.1) is 0 Å². The Hall–Kier alpha value is -2.02. The van der Waals surface area contributed by atoms with E-state index in [4.69, 9.17) is 4.74 Å². The van der Waals surface area contributed by atoms with E-state index in [1.165, 1.54) is 22.3 Å². The molecule has 0 amide bonds. The van der Waals surface area contributed by atoms with Crippen LogP contribution in [0.15, 0.2) is 60.9 Å². The average Bonchev–Trinajstić information content (AvgIpc) is 3.17. The molecule has 1 heteroatoms. The van der Waals surface area contributed by atoms with E-state index in [2.05, 4.69) is 68.5 Å². The van der Waals surface area contributed by atoms with Crippen molar-refractivity contribution in [2.45, 2.75) is 25.2 Å². The van der Waals surface area contributed by atoms with Crippen LogP contribution >= 0.6 is 0 Å². The first-order valence-electron chi connectivity index (χ1n) is 7.65. The van der Waals surface area contributed by atoms with Crippen LogP contribution in [0.2, 0.25) is 0 Å². The molecular formula is C20H20O. The molecule has 0 aromatic heterocycles. The van der Waals surface area contributed by atoms with E-state index in [0.29, 0.717) is 11.8 Å². The lowest BCUT2D eigenvalue weighted by atomic mass is 9.87. The highest BCUT2D eigenvalue weighted by Crippen LogP contribution is 2.67. The molecule has 4 rings (SSSR count). The summed E-state index contributed by atoms with van der Waals surface area (Å²) in [6.07, 6.45) is 4.18. The third-order valence-corrected chi connectivity index (χ3v) is 5.02. The summed E-state index contributed by atoms with van der Waals surface area (Å²) in [5.41, 5.74) is 5.69. The van der Waals surface area contributed by atoms with E-state index in [-0.39, 0.29) is 5.41 Å². The third kappa shape index (κ3) is 1.84. The molecule has 0 spiro atoms. The van der Waals surface area contributed by atoms with Crippen molar-refractivity contribution < 1.29 is 4.74 Å². The van der Waals surface area contributed by atoms with E-state index in [0.717, 1.165) is 6.61 Å². The van der Waals surface area contributed by atoms with Crippen molar-refractivity contribution in [3.63, 3.8) is 0 Å². The second-order valence-corrected chi connectivity index (χ2v) is 6.44. The second kappa shape index (κ2) is 4.49. The number of benzene rings is 2. The molecule has 0 unspecified atom stereocenters. The Morgan fingerprint density at radius 3 is 2.43 bits per heavy atom. The number of ether oxygens (including phenoxy) is 1. The number of rotatable bonds is 2. The van der Waals surface area contributed by atoms with Crippen LogP contribution in [0, 0.1) is 19.8 Å². The maximum atomic E-state index is 5.60. The van der Waals surface area contributed by atoms with Crippen molar-refractivity contribution in [3.05, 3.63) is 83.1 Å². The lowest BCUT2D eigenvalue weighted by Crippen LogP contribution is -2.14. The molecule has 3 atom stereocenters. The molecule has 2 aromatic carbocycles. The van der Waals surface area contributed by atoms with Gasteiger partial charge in [0.05, 0.1) is 12.9 Å². The minimum Gasteiger partial charge on any atom is -0.501 e. The van der Waals surface area contributed by atoms with Gasteiger partial charge in [0, 0.05) is 17.3 Å². The number of allylic oxidation sites excluding steroid dienone is 1. The summed E-state index contributed by atoms with van der Waals surface area (Å²) in [4.78, 5) is 0. The first-order valence-corrected chi connectivity index (χ1v) is 7.65. The van der Waals surface area contributed by atoms with E-state index < -0.39 is 0 Å². The van der Waals surface area contributed by atoms with Crippen LogP contribution in [0.3, 0.4) is 0 Å². The molecule has 1 aliphatic heterocycles. The van der Waals surface area contributed by atoms with Gasteiger partial charge < -0.3 is 4.74 Å². The van der Waals surface area contributed by atoms with Gasteiger partial charge in [0.1, 0.15) is 0 Å². The summed E-state index contributed by atoms with van der Waals surface area (Å²) in [6.45, 7) is 5.19. The zero-order valence-corrected chi connectivity index (χ0v) is 12.5. The highest BCUT2D eigenvalue weighted by Gasteiger charge is 2.65. The smallest absolute Gasteiger partial charge is 0.0919 e. The Bertz CT molecular complexity index is 681. The van der Waals surface area contributed by atoms with Crippen LogP contribution in [-0.2, 0) is 10.2 Å². The largest absolute Gasteiger partial charge is 0.501 e. The maximum Gasteiger partial charge on any atom is 0.0919 e. The van der Waals surface area contributed by atoms with Gasteiger partial charge in [-0.05, 0) is 31.1 Å². The number of hydrogen-bond donors (Lipinski definition) is 0. The summed E-state index contributed by atoms with van der Waals surface area (Å²) in [5, 5.41) is 0. The van der Waals surface area contributed by atoms with Gasteiger partial charge in [-0.2, -0.15) is 0 Å². The highest BCUT2D eigenvalue weighted by molar-refractivity contribution is 5.53. The van der Waals surface area contributed by atoms with Crippen LogP contribution in [-0.4, -0.2) is 6.61 Å². The Balaban J connectivity index is 1.84. The molecule has 0 bridgehead atoms. The van der Waals surface area contributed by atoms with Crippen LogP contribution in [0.1, 0.15) is 28.2 Å². The van der Waals surface area contributed by atoms with Crippen LogP contribution in [0.25, 0.3) is 0 Å². The molecule has 2 aliphatic rings. The predicted octanol–water partition coefficient (Wildman–Crippen LogP) is 4.50. The number of aryl methyl sites for hydroxylation is 2. The van der Waals surface area contributed by atoms with Crippen molar-refractivity contribution in [2.75, 3.05) is 6.61 Å². The van der Waals surface area contributed by atoms with Crippen molar-refractivity contribution in [1.82, 2.24) is 0 Å². The minimum absolute atomic E-state index is 0.135. The summed E-state index contributed by atoms with van der Waals surface area (Å²) < 4.78 is 5.60. The molecule has 21 heavy (non-hydrogen) atoms.